The van der Waals surface area contributed by atoms with Gasteiger partial charge in [0.05, 0.1) is 22.6 Å². The van der Waals surface area contributed by atoms with Crippen molar-refractivity contribution >= 4 is 22.7 Å². The number of fused-ring (bicyclic) bond motifs is 1. The molecule has 1 aliphatic heterocycles. The fraction of sp³-hybridized carbons (Fsp3) is 0.333. The fourth-order valence-electron chi connectivity index (χ4n) is 4.00. The van der Waals surface area contributed by atoms with Crippen molar-refractivity contribution in [2.45, 2.75) is 25.8 Å². The number of hydrogen-bond donors (Lipinski definition) is 0. The summed E-state index contributed by atoms with van der Waals surface area (Å²) in [7, 11) is 0. The van der Waals surface area contributed by atoms with Crippen molar-refractivity contribution < 1.29 is 9.59 Å². The molecule has 2 aromatic carbocycles. The number of amides is 2. The van der Waals surface area contributed by atoms with Crippen molar-refractivity contribution in [3.63, 3.8) is 0 Å². The van der Waals surface area contributed by atoms with Gasteiger partial charge in [0.25, 0.3) is 5.56 Å². The maximum absolute atomic E-state index is 13.1. The highest BCUT2D eigenvalue weighted by Crippen LogP contribution is 2.26. The topological polar surface area (TPSA) is 75.5 Å². The number of aromatic nitrogens is 2. The Balaban J connectivity index is 1.40. The number of hydrogen-bond acceptors (Lipinski definition) is 4. The Hall–Kier alpha value is -3.48. The summed E-state index contributed by atoms with van der Waals surface area (Å²) in [5.74, 6) is -0.0886. The van der Waals surface area contributed by atoms with Gasteiger partial charge < -0.3 is 9.80 Å². The van der Waals surface area contributed by atoms with Crippen molar-refractivity contribution in [1.29, 1.82) is 0 Å². The van der Waals surface area contributed by atoms with Crippen LogP contribution in [0.3, 0.4) is 0 Å². The Morgan fingerprint density at radius 1 is 0.903 bits per heavy atom. The Morgan fingerprint density at radius 2 is 1.52 bits per heavy atom. The van der Waals surface area contributed by atoms with E-state index in [-0.39, 0.29) is 23.9 Å². The lowest BCUT2D eigenvalue weighted by molar-refractivity contribution is -0.142. The number of piperazine rings is 1. The van der Waals surface area contributed by atoms with Gasteiger partial charge >= 0.3 is 0 Å². The SMILES string of the molecule is CC(C)(C(=O)N1CCN(C(=O)Cn2cnc3ccccc3c2=O)CC1)c1ccccc1. The molecule has 0 spiro atoms. The molecule has 1 fully saturated rings. The molecule has 0 aliphatic carbocycles. The third kappa shape index (κ3) is 4.08. The molecule has 160 valence electrons. The third-order valence-corrected chi connectivity index (χ3v) is 5.99. The largest absolute Gasteiger partial charge is 0.338 e. The molecule has 7 heteroatoms. The summed E-state index contributed by atoms with van der Waals surface area (Å²) in [5.41, 5.74) is 0.737. The smallest absolute Gasteiger partial charge is 0.261 e. The minimum atomic E-state index is -0.627. The van der Waals surface area contributed by atoms with E-state index in [1.54, 1.807) is 23.1 Å². The summed E-state index contributed by atoms with van der Waals surface area (Å²) >= 11 is 0. The molecule has 0 unspecified atom stereocenters. The van der Waals surface area contributed by atoms with Gasteiger partial charge in [-0.1, -0.05) is 42.5 Å². The van der Waals surface area contributed by atoms with E-state index in [2.05, 4.69) is 4.98 Å². The van der Waals surface area contributed by atoms with Gasteiger partial charge in [-0.25, -0.2) is 4.98 Å². The van der Waals surface area contributed by atoms with Crippen molar-refractivity contribution in [2.75, 3.05) is 26.2 Å². The number of para-hydroxylation sites is 1. The number of carbonyl (C=O) groups is 2. The van der Waals surface area contributed by atoms with Crippen LogP contribution in [0, 0.1) is 0 Å². The highest BCUT2D eigenvalue weighted by Gasteiger charge is 2.35. The second kappa shape index (κ2) is 8.34. The Labute approximate surface area is 180 Å². The predicted molar refractivity (Wildman–Crippen MR) is 119 cm³/mol. The maximum Gasteiger partial charge on any atom is 0.261 e. The van der Waals surface area contributed by atoms with Crippen LogP contribution >= 0.6 is 0 Å². The van der Waals surface area contributed by atoms with Crippen LogP contribution in [-0.4, -0.2) is 57.3 Å². The van der Waals surface area contributed by atoms with Gasteiger partial charge in [-0.05, 0) is 31.5 Å². The van der Waals surface area contributed by atoms with E-state index in [0.717, 1.165) is 5.56 Å². The maximum atomic E-state index is 13.1. The van der Waals surface area contributed by atoms with Crippen LogP contribution in [0.5, 0.6) is 0 Å². The molecular formula is C24H26N4O3. The zero-order chi connectivity index (χ0) is 22.0. The van der Waals surface area contributed by atoms with E-state index >= 15 is 0 Å². The van der Waals surface area contributed by atoms with E-state index in [0.29, 0.717) is 37.1 Å². The molecule has 31 heavy (non-hydrogen) atoms. The second-order valence-electron chi connectivity index (χ2n) is 8.36. The van der Waals surface area contributed by atoms with Crippen LogP contribution in [0.25, 0.3) is 10.9 Å². The zero-order valence-corrected chi connectivity index (χ0v) is 17.8. The monoisotopic (exact) mass is 418 g/mol. The number of carbonyl (C=O) groups excluding carboxylic acids is 2. The van der Waals surface area contributed by atoms with E-state index < -0.39 is 5.41 Å². The predicted octanol–water partition coefficient (Wildman–Crippen LogP) is 2.05. The first-order chi connectivity index (χ1) is 14.9. The fourth-order valence-corrected chi connectivity index (χ4v) is 4.00. The second-order valence-corrected chi connectivity index (χ2v) is 8.36. The molecule has 0 saturated carbocycles. The molecular weight excluding hydrogens is 392 g/mol. The number of nitrogens with zero attached hydrogens (tertiary/aromatic N) is 4. The van der Waals surface area contributed by atoms with E-state index in [9.17, 15) is 14.4 Å². The highest BCUT2D eigenvalue weighted by atomic mass is 16.2. The van der Waals surface area contributed by atoms with E-state index in [1.165, 1.54) is 10.9 Å². The standard InChI is InChI=1S/C24H26N4O3/c1-24(2,18-8-4-3-5-9-18)23(31)27-14-12-26(13-15-27)21(29)16-28-17-25-20-11-7-6-10-19(20)22(28)30/h3-11,17H,12-16H2,1-2H3. The van der Waals surface area contributed by atoms with Gasteiger partial charge in [-0.15, -0.1) is 0 Å². The van der Waals surface area contributed by atoms with Crippen molar-refractivity contribution in [1.82, 2.24) is 19.4 Å². The number of rotatable bonds is 4. The molecule has 4 rings (SSSR count). The van der Waals surface area contributed by atoms with Crippen LogP contribution < -0.4 is 5.56 Å². The van der Waals surface area contributed by atoms with Gasteiger partial charge in [-0.3, -0.25) is 19.0 Å². The first-order valence-electron chi connectivity index (χ1n) is 10.4. The molecule has 0 bridgehead atoms. The molecule has 7 nitrogen and oxygen atoms in total. The van der Waals surface area contributed by atoms with Gasteiger partial charge in [0.1, 0.15) is 6.54 Å². The summed E-state index contributed by atoms with van der Waals surface area (Å²) in [6.07, 6.45) is 1.42. The lowest BCUT2D eigenvalue weighted by Crippen LogP contribution is -2.55. The molecule has 0 N–H and O–H groups in total. The first-order valence-corrected chi connectivity index (χ1v) is 10.4. The summed E-state index contributed by atoms with van der Waals surface area (Å²) in [6.45, 7) is 5.66. The average molecular weight is 418 g/mol. The molecule has 1 aliphatic rings. The minimum absolute atomic E-state index is 0.0554. The Bertz CT molecular complexity index is 1160. The van der Waals surface area contributed by atoms with E-state index in [1.807, 2.05) is 55.1 Å². The lowest BCUT2D eigenvalue weighted by atomic mass is 9.83. The molecule has 0 radical (unpaired) electrons. The normalized spacial score (nSPS) is 14.6. The highest BCUT2D eigenvalue weighted by molar-refractivity contribution is 5.87. The molecule has 1 saturated heterocycles. The molecule has 0 atom stereocenters. The Kier molecular flexibility index (Phi) is 5.59. The van der Waals surface area contributed by atoms with Gasteiger partial charge in [0.15, 0.2) is 0 Å². The van der Waals surface area contributed by atoms with Gasteiger partial charge in [-0.2, -0.15) is 0 Å². The Morgan fingerprint density at radius 3 is 2.23 bits per heavy atom. The summed E-state index contributed by atoms with van der Waals surface area (Å²) < 4.78 is 1.35. The number of benzene rings is 2. The zero-order valence-electron chi connectivity index (χ0n) is 17.8. The van der Waals surface area contributed by atoms with Crippen LogP contribution in [0.2, 0.25) is 0 Å². The molecule has 2 heterocycles. The molecule has 3 aromatic rings. The van der Waals surface area contributed by atoms with E-state index in [4.69, 9.17) is 0 Å². The summed E-state index contributed by atoms with van der Waals surface area (Å²) in [4.78, 5) is 46.3. The third-order valence-electron chi connectivity index (χ3n) is 5.99. The molecule has 1 aromatic heterocycles. The van der Waals surface area contributed by atoms with Crippen molar-refractivity contribution in [3.05, 3.63) is 76.8 Å². The van der Waals surface area contributed by atoms with Gasteiger partial charge in [0.2, 0.25) is 11.8 Å². The summed E-state index contributed by atoms with van der Waals surface area (Å²) in [5, 5.41) is 0.497. The average Bonchev–Trinajstić information content (AvgIpc) is 2.81. The quantitative estimate of drug-likeness (QED) is 0.650. The van der Waals surface area contributed by atoms with Crippen LogP contribution in [0.4, 0.5) is 0 Å². The van der Waals surface area contributed by atoms with Crippen molar-refractivity contribution in [2.24, 2.45) is 0 Å². The lowest BCUT2D eigenvalue weighted by Gasteiger charge is -2.38. The van der Waals surface area contributed by atoms with Crippen LogP contribution in [-0.2, 0) is 21.5 Å². The van der Waals surface area contributed by atoms with Crippen LogP contribution in [0.15, 0.2) is 65.7 Å². The minimum Gasteiger partial charge on any atom is -0.338 e. The summed E-state index contributed by atoms with van der Waals surface area (Å²) in [6, 6.07) is 16.8. The first kappa shape index (κ1) is 20.8. The van der Waals surface area contributed by atoms with Gasteiger partial charge in [0, 0.05) is 26.2 Å². The van der Waals surface area contributed by atoms with Crippen molar-refractivity contribution in [3.8, 4) is 0 Å². The molecule has 2 amide bonds. The van der Waals surface area contributed by atoms with Crippen LogP contribution in [0.1, 0.15) is 19.4 Å².